The maximum absolute atomic E-state index is 12.8. The first-order valence-electron chi connectivity index (χ1n) is 12.6. The quantitative estimate of drug-likeness (QED) is 0.422. The molecule has 0 unspecified atom stereocenters. The number of alkyl carbamates (subject to hydrolysis) is 1. The molecule has 3 aromatic carbocycles. The molecule has 0 bridgehead atoms. The molecule has 0 saturated heterocycles. The van der Waals surface area contributed by atoms with Gasteiger partial charge in [0.1, 0.15) is 6.61 Å². The average molecular weight is 513 g/mol. The van der Waals surface area contributed by atoms with Crippen LogP contribution < -0.4 is 5.32 Å². The van der Waals surface area contributed by atoms with Gasteiger partial charge >= 0.3 is 12.1 Å². The van der Waals surface area contributed by atoms with Gasteiger partial charge in [-0.3, -0.25) is 9.59 Å². The molecule has 8 heteroatoms. The largest absolute Gasteiger partial charge is 0.449 e. The summed E-state index contributed by atoms with van der Waals surface area (Å²) >= 11 is 0. The lowest BCUT2D eigenvalue weighted by Gasteiger charge is -2.21. The molecule has 0 fully saturated rings. The molecule has 1 aliphatic heterocycles. The first-order chi connectivity index (χ1) is 18.3. The molecule has 1 heterocycles. The second-order valence-corrected chi connectivity index (χ2v) is 9.91. The van der Waals surface area contributed by atoms with Gasteiger partial charge in [-0.05, 0) is 46.7 Å². The number of amides is 3. The molecule has 0 saturated carbocycles. The number of nitrogens with one attached hydrogen (secondary N) is 1. The van der Waals surface area contributed by atoms with E-state index in [0.717, 1.165) is 22.3 Å². The van der Waals surface area contributed by atoms with Crippen LogP contribution in [0, 0.1) is 5.92 Å². The van der Waals surface area contributed by atoms with E-state index in [1.807, 2.05) is 50.2 Å². The normalized spacial score (nSPS) is 14.7. The molecule has 1 aliphatic carbocycles. The molecule has 0 spiro atoms. The predicted octanol–water partition coefficient (Wildman–Crippen LogP) is 5.08. The fourth-order valence-electron chi connectivity index (χ4n) is 5.16. The number of hydrogen-bond acceptors (Lipinski definition) is 6. The molecule has 5 rings (SSSR count). The van der Waals surface area contributed by atoms with Gasteiger partial charge in [-0.25, -0.2) is 9.59 Å². The maximum Gasteiger partial charge on any atom is 0.407 e. The highest BCUT2D eigenvalue weighted by Crippen LogP contribution is 2.44. The Labute approximate surface area is 220 Å². The Hall–Kier alpha value is -4.46. The van der Waals surface area contributed by atoms with E-state index in [0.29, 0.717) is 11.5 Å². The molecule has 0 radical (unpaired) electrons. The fraction of sp³-hybridized carbons (Fsp3) is 0.267. The molecule has 1 atom stereocenters. The second kappa shape index (κ2) is 10.5. The molecular formula is C30H28N2O6. The van der Waals surface area contributed by atoms with E-state index < -0.39 is 29.9 Å². The number of ether oxygens (including phenoxy) is 1. The van der Waals surface area contributed by atoms with E-state index in [4.69, 9.17) is 9.57 Å². The molecule has 194 valence electrons. The number of hydrogen-bond donors (Lipinski definition) is 1. The van der Waals surface area contributed by atoms with Crippen LogP contribution in [0.1, 0.15) is 64.4 Å². The van der Waals surface area contributed by atoms with Crippen LogP contribution in [0.4, 0.5) is 4.79 Å². The Kier molecular flexibility index (Phi) is 6.96. The number of fused-ring (bicyclic) bond motifs is 4. The molecular weight excluding hydrogens is 484 g/mol. The van der Waals surface area contributed by atoms with Gasteiger partial charge in [0.15, 0.2) is 0 Å². The zero-order chi connectivity index (χ0) is 26.8. The van der Waals surface area contributed by atoms with Crippen LogP contribution in [0.5, 0.6) is 0 Å². The first kappa shape index (κ1) is 25.2. The van der Waals surface area contributed by atoms with Gasteiger partial charge in [0, 0.05) is 12.0 Å². The van der Waals surface area contributed by atoms with Crippen molar-refractivity contribution < 1.29 is 28.8 Å². The van der Waals surface area contributed by atoms with Crippen molar-refractivity contribution in [1.82, 2.24) is 10.4 Å². The summed E-state index contributed by atoms with van der Waals surface area (Å²) in [6, 6.07) is 21.8. The molecule has 3 aromatic rings. The monoisotopic (exact) mass is 512 g/mol. The van der Waals surface area contributed by atoms with Crippen molar-refractivity contribution in [1.29, 1.82) is 0 Å². The zero-order valence-corrected chi connectivity index (χ0v) is 21.2. The van der Waals surface area contributed by atoms with Gasteiger partial charge in [-0.15, -0.1) is 0 Å². The van der Waals surface area contributed by atoms with Crippen LogP contribution in [-0.2, 0) is 14.4 Å². The van der Waals surface area contributed by atoms with Crippen molar-refractivity contribution >= 4 is 23.9 Å². The van der Waals surface area contributed by atoms with Crippen molar-refractivity contribution in [2.24, 2.45) is 5.92 Å². The van der Waals surface area contributed by atoms with Crippen LogP contribution in [0.15, 0.2) is 72.8 Å². The van der Waals surface area contributed by atoms with Gasteiger partial charge in [-0.1, -0.05) is 79.6 Å². The van der Waals surface area contributed by atoms with Crippen LogP contribution in [0.3, 0.4) is 0 Å². The van der Waals surface area contributed by atoms with Gasteiger partial charge in [0.05, 0.1) is 17.5 Å². The topological polar surface area (TPSA) is 102 Å². The third kappa shape index (κ3) is 4.89. The minimum atomic E-state index is -0.802. The summed E-state index contributed by atoms with van der Waals surface area (Å²) in [5.74, 6) is -2.12. The minimum Gasteiger partial charge on any atom is -0.449 e. The fourth-order valence-corrected chi connectivity index (χ4v) is 5.16. The van der Waals surface area contributed by atoms with E-state index in [1.54, 1.807) is 12.1 Å². The summed E-state index contributed by atoms with van der Waals surface area (Å²) in [5.41, 5.74) is 4.83. The van der Waals surface area contributed by atoms with Gasteiger partial charge in [-0.2, -0.15) is 0 Å². The third-order valence-corrected chi connectivity index (χ3v) is 6.78. The van der Waals surface area contributed by atoms with Crippen molar-refractivity contribution in [2.45, 2.75) is 38.6 Å². The lowest BCUT2D eigenvalue weighted by Crippen LogP contribution is -2.40. The lowest BCUT2D eigenvalue weighted by atomic mass is 9.98. The number of rotatable bonds is 8. The summed E-state index contributed by atoms with van der Waals surface area (Å²) < 4.78 is 5.62. The molecule has 38 heavy (non-hydrogen) atoms. The Bertz CT molecular complexity index is 1330. The Balaban J connectivity index is 1.20. The first-order valence-corrected chi connectivity index (χ1v) is 12.6. The predicted molar refractivity (Wildman–Crippen MR) is 139 cm³/mol. The van der Waals surface area contributed by atoms with E-state index in [2.05, 4.69) is 17.4 Å². The van der Waals surface area contributed by atoms with Crippen molar-refractivity contribution in [2.75, 3.05) is 6.61 Å². The van der Waals surface area contributed by atoms with Crippen LogP contribution in [-0.4, -0.2) is 41.6 Å². The summed E-state index contributed by atoms with van der Waals surface area (Å²) in [4.78, 5) is 55.6. The maximum atomic E-state index is 12.8. The average Bonchev–Trinajstić information content (AvgIpc) is 3.34. The Morgan fingerprint density at radius 1 is 0.816 bits per heavy atom. The minimum absolute atomic E-state index is 0.0875. The highest BCUT2D eigenvalue weighted by molar-refractivity contribution is 6.20. The van der Waals surface area contributed by atoms with Crippen LogP contribution >= 0.6 is 0 Å². The van der Waals surface area contributed by atoms with Crippen LogP contribution in [0.2, 0.25) is 0 Å². The smallest absolute Gasteiger partial charge is 0.407 e. The van der Waals surface area contributed by atoms with E-state index in [-0.39, 0.29) is 36.0 Å². The molecule has 2 aliphatic rings. The summed E-state index contributed by atoms with van der Waals surface area (Å²) in [5, 5.41) is 3.24. The van der Waals surface area contributed by atoms with E-state index >= 15 is 0 Å². The molecule has 8 nitrogen and oxygen atoms in total. The van der Waals surface area contributed by atoms with E-state index in [1.165, 1.54) is 12.1 Å². The third-order valence-electron chi connectivity index (χ3n) is 6.78. The van der Waals surface area contributed by atoms with Crippen molar-refractivity contribution in [3.05, 3.63) is 95.1 Å². The number of carbonyl (C=O) groups excluding carboxylic acids is 4. The summed E-state index contributed by atoms with van der Waals surface area (Å²) in [7, 11) is 0. The van der Waals surface area contributed by atoms with Gasteiger partial charge in [0.25, 0.3) is 11.8 Å². The van der Waals surface area contributed by atoms with Gasteiger partial charge < -0.3 is 14.9 Å². The second-order valence-electron chi connectivity index (χ2n) is 9.91. The molecule has 1 N–H and O–H groups in total. The standard InChI is InChI=1S/C30H28N2O6/c1-18(2)15-19(16-27(33)38-32-28(34)24-13-7-8-14-25(24)29(32)35)31-30(36)37-17-26-22-11-5-3-9-20(22)21-10-4-6-12-23(21)26/h3-14,18-19,26H,15-17H2,1-2H3,(H,31,36)/t19-/m1/s1. The lowest BCUT2D eigenvalue weighted by molar-refractivity contribution is -0.169. The Morgan fingerprint density at radius 3 is 1.84 bits per heavy atom. The number of benzene rings is 3. The number of carbonyl (C=O) groups is 4. The number of hydroxylamine groups is 2. The van der Waals surface area contributed by atoms with Gasteiger partial charge in [0.2, 0.25) is 0 Å². The number of nitrogens with zero attached hydrogens (tertiary/aromatic N) is 1. The summed E-state index contributed by atoms with van der Waals surface area (Å²) in [6.45, 7) is 4.07. The van der Waals surface area contributed by atoms with Crippen molar-refractivity contribution in [3.63, 3.8) is 0 Å². The SMILES string of the molecule is CC(C)C[C@H](CC(=O)ON1C(=O)c2ccccc2C1=O)NC(=O)OCC1c2ccccc2-c2ccccc21. The van der Waals surface area contributed by atoms with E-state index in [9.17, 15) is 19.2 Å². The van der Waals surface area contributed by atoms with Crippen LogP contribution in [0.25, 0.3) is 11.1 Å². The highest BCUT2D eigenvalue weighted by atomic mass is 16.7. The Morgan fingerprint density at radius 2 is 1.32 bits per heavy atom. The molecule has 0 aromatic heterocycles. The number of imide groups is 1. The highest BCUT2D eigenvalue weighted by Gasteiger charge is 2.39. The van der Waals surface area contributed by atoms with Crippen molar-refractivity contribution in [3.8, 4) is 11.1 Å². The molecule has 3 amide bonds. The summed E-state index contributed by atoms with van der Waals surface area (Å²) in [6.07, 6.45) is -0.400. The zero-order valence-electron chi connectivity index (χ0n) is 21.2.